The number of hydrogen-bond donors (Lipinski definition) is 0. The lowest BCUT2D eigenvalue weighted by Gasteiger charge is -2.34. The highest BCUT2D eigenvalue weighted by molar-refractivity contribution is 7.89. The summed E-state index contributed by atoms with van der Waals surface area (Å²) in [6.07, 6.45) is -0.276. The first-order valence-corrected chi connectivity index (χ1v) is 9.94. The van der Waals surface area contributed by atoms with Gasteiger partial charge in [0.05, 0.1) is 30.3 Å². The van der Waals surface area contributed by atoms with Crippen molar-refractivity contribution >= 4 is 15.9 Å². The largest absolute Gasteiger partial charge is 0.378 e. The van der Waals surface area contributed by atoms with Gasteiger partial charge in [-0.15, -0.1) is 0 Å². The Kier molecular flexibility index (Phi) is 5.43. The van der Waals surface area contributed by atoms with Gasteiger partial charge in [0, 0.05) is 31.7 Å². The average molecular weight is 368 g/mol. The van der Waals surface area contributed by atoms with Crippen LogP contribution in [0, 0.1) is 0 Å². The molecule has 2 unspecified atom stereocenters. The Balaban J connectivity index is 1.75. The Labute approximate surface area is 148 Å². The van der Waals surface area contributed by atoms with E-state index in [1.807, 2.05) is 13.8 Å². The Morgan fingerprint density at radius 2 is 1.60 bits per heavy atom. The van der Waals surface area contributed by atoms with Crippen molar-refractivity contribution in [2.45, 2.75) is 31.0 Å². The van der Waals surface area contributed by atoms with E-state index in [0.29, 0.717) is 45.0 Å². The van der Waals surface area contributed by atoms with Crippen LogP contribution < -0.4 is 0 Å². The van der Waals surface area contributed by atoms with Crippen LogP contribution in [0.2, 0.25) is 0 Å². The third-order valence-corrected chi connectivity index (χ3v) is 6.27. The van der Waals surface area contributed by atoms with Gasteiger partial charge in [-0.3, -0.25) is 4.79 Å². The predicted octanol–water partition coefficient (Wildman–Crippen LogP) is 0.957. The van der Waals surface area contributed by atoms with Crippen LogP contribution >= 0.6 is 0 Å². The zero-order valence-electron chi connectivity index (χ0n) is 14.6. The number of hydrogen-bond acceptors (Lipinski definition) is 5. The molecule has 3 rings (SSSR count). The van der Waals surface area contributed by atoms with E-state index in [-0.39, 0.29) is 23.0 Å². The van der Waals surface area contributed by atoms with Crippen LogP contribution in [0.5, 0.6) is 0 Å². The smallest absolute Gasteiger partial charge is 0.254 e. The second-order valence-corrected chi connectivity index (χ2v) is 8.45. The molecule has 8 heteroatoms. The van der Waals surface area contributed by atoms with E-state index in [4.69, 9.17) is 9.47 Å². The van der Waals surface area contributed by atoms with Crippen LogP contribution in [0.25, 0.3) is 0 Å². The second kappa shape index (κ2) is 7.41. The van der Waals surface area contributed by atoms with Crippen molar-refractivity contribution < 1.29 is 22.7 Å². The molecule has 2 fully saturated rings. The zero-order chi connectivity index (χ0) is 18.0. The van der Waals surface area contributed by atoms with E-state index in [1.165, 1.54) is 16.4 Å². The molecule has 0 N–H and O–H groups in total. The third-order valence-electron chi connectivity index (χ3n) is 4.42. The first-order valence-electron chi connectivity index (χ1n) is 8.50. The van der Waals surface area contributed by atoms with E-state index in [2.05, 4.69) is 0 Å². The van der Waals surface area contributed by atoms with E-state index >= 15 is 0 Å². The molecule has 1 aromatic carbocycles. The van der Waals surface area contributed by atoms with Crippen molar-refractivity contribution in [3.05, 3.63) is 29.8 Å². The fourth-order valence-electron chi connectivity index (χ4n) is 3.19. The highest BCUT2D eigenvalue weighted by Crippen LogP contribution is 2.22. The summed E-state index contributed by atoms with van der Waals surface area (Å²) >= 11 is 0. The summed E-state index contributed by atoms with van der Waals surface area (Å²) in [5.41, 5.74) is 0.490. The lowest BCUT2D eigenvalue weighted by atomic mass is 10.2. The Bertz CT molecular complexity index is 703. The minimum atomic E-state index is -3.59. The molecular weight excluding hydrogens is 344 g/mol. The van der Waals surface area contributed by atoms with Crippen LogP contribution in [-0.4, -0.2) is 75.1 Å². The molecule has 0 bridgehead atoms. The molecule has 0 radical (unpaired) electrons. The van der Waals surface area contributed by atoms with E-state index in [1.54, 1.807) is 17.0 Å². The number of sulfonamides is 1. The molecule has 0 spiro atoms. The number of nitrogens with zero attached hydrogens (tertiary/aromatic N) is 2. The van der Waals surface area contributed by atoms with Gasteiger partial charge in [-0.25, -0.2) is 8.42 Å². The first kappa shape index (κ1) is 18.3. The maximum atomic E-state index is 12.8. The van der Waals surface area contributed by atoms with Gasteiger partial charge in [0.25, 0.3) is 5.91 Å². The number of ether oxygens (including phenoxy) is 2. The van der Waals surface area contributed by atoms with Gasteiger partial charge in [-0.1, -0.05) is 0 Å². The summed E-state index contributed by atoms with van der Waals surface area (Å²) in [6, 6.07) is 6.18. The molecule has 138 valence electrons. The molecule has 2 heterocycles. The van der Waals surface area contributed by atoms with Crippen molar-refractivity contribution in [2.24, 2.45) is 0 Å². The number of carbonyl (C=O) groups excluding carboxylic acids is 1. The van der Waals surface area contributed by atoms with Crippen molar-refractivity contribution in [2.75, 3.05) is 39.4 Å². The van der Waals surface area contributed by atoms with E-state index < -0.39 is 10.0 Å². The van der Waals surface area contributed by atoms with Crippen LogP contribution in [0.3, 0.4) is 0 Å². The maximum Gasteiger partial charge on any atom is 0.254 e. The molecule has 2 aliphatic rings. The van der Waals surface area contributed by atoms with Gasteiger partial charge in [-0.2, -0.15) is 4.31 Å². The monoisotopic (exact) mass is 368 g/mol. The SMILES string of the molecule is CC1CN(S(=O)(=O)c2ccc(C(=O)N3CCOCC3)cc2)CC(C)O1. The van der Waals surface area contributed by atoms with Crippen LogP contribution in [0.4, 0.5) is 0 Å². The summed E-state index contributed by atoms with van der Waals surface area (Å²) in [7, 11) is -3.59. The zero-order valence-corrected chi connectivity index (χ0v) is 15.4. The minimum Gasteiger partial charge on any atom is -0.378 e. The second-order valence-electron chi connectivity index (χ2n) is 6.51. The van der Waals surface area contributed by atoms with Gasteiger partial charge >= 0.3 is 0 Å². The van der Waals surface area contributed by atoms with Crippen LogP contribution in [0.15, 0.2) is 29.2 Å². The number of morpholine rings is 2. The fourth-order valence-corrected chi connectivity index (χ4v) is 4.79. The summed E-state index contributed by atoms with van der Waals surface area (Å²) in [5.74, 6) is -0.0964. The normalized spacial score (nSPS) is 25.8. The van der Waals surface area contributed by atoms with Crippen molar-refractivity contribution in [3.63, 3.8) is 0 Å². The summed E-state index contributed by atoms with van der Waals surface area (Å²) in [4.78, 5) is 14.4. The van der Waals surface area contributed by atoms with Gasteiger partial charge in [-0.05, 0) is 38.1 Å². The number of amides is 1. The summed E-state index contributed by atoms with van der Waals surface area (Å²) in [5, 5.41) is 0. The number of carbonyl (C=O) groups is 1. The molecule has 0 aliphatic carbocycles. The first-order chi connectivity index (χ1) is 11.9. The van der Waals surface area contributed by atoms with Gasteiger partial charge < -0.3 is 14.4 Å². The molecule has 0 aromatic heterocycles. The lowest BCUT2D eigenvalue weighted by Crippen LogP contribution is -2.48. The van der Waals surface area contributed by atoms with Gasteiger partial charge in [0.15, 0.2) is 0 Å². The van der Waals surface area contributed by atoms with Crippen LogP contribution in [0.1, 0.15) is 24.2 Å². The average Bonchev–Trinajstić information content (AvgIpc) is 2.61. The highest BCUT2D eigenvalue weighted by Gasteiger charge is 2.32. The van der Waals surface area contributed by atoms with E-state index in [0.717, 1.165) is 0 Å². The van der Waals surface area contributed by atoms with Crippen molar-refractivity contribution in [1.29, 1.82) is 0 Å². The molecule has 25 heavy (non-hydrogen) atoms. The summed E-state index contributed by atoms with van der Waals surface area (Å²) < 4.78 is 37.9. The Morgan fingerprint density at radius 1 is 1.04 bits per heavy atom. The van der Waals surface area contributed by atoms with Crippen LogP contribution in [-0.2, 0) is 19.5 Å². The molecule has 2 atom stereocenters. The molecule has 1 amide bonds. The topological polar surface area (TPSA) is 76.2 Å². The molecule has 0 saturated carbocycles. The Hall–Kier alpha value is -1.48. The molecule has 2 aliphatic heterocycles. The van der Waals surface area contributed by atoms with Gasteiger partial charge in [0.2, 0.25) is 10.0 Å². The van der Waals surface area contributed by atoms with Crippen molar-refractivity contribution in [3.8, 4) is 0 Å². The molecular formula is C17H24N2O5S. The minimum absolute atomic E-state index is 0.0964. The number of rotatable bonds is 3. The van der Waals surface area contributed by atoms with Gasteiger partial charge in [0.1, 0.15) is 0 Å². The summed E-state index contributed by atoms with van der Waals surface area (Å²) in [6.45, 7) is 6.58. The third kappa shape index (κ3) is 4.03. The quantitative estimate of drug-likeness (QED) is 0.794. The predicted molar refractivity (Wildman–Crippen MR) is 91.9 cm³/mol. The fraction of sp³-hybridized carbons (Fsp3) is 0.588. The standard InChI is InChI=1S/C17H24N2O5S/c1-13-11-19(12-14(2)24-13)25(21,22)16-5-3-15(4-6-16)17(20)18-7-9-23-10-8-18/h3-6,13-14H,7-12H2,1-2H3. The molecule has 7 nitrogen and oxygen atoms in total. The Morgan fingerprint density at radius 3 is 2.16 bits per heavy atom. The van der Waals surface area contributed by atoms with E-state index in [9.17, 15) is 13.2 Å². The number of benzene rings is 1. The maximum absolute atomic E-state index is 12.8. The lowest BCUT2D eigenvalue weighted by molar-refractivity contribution is -0.0440. The molecule has 1 aromatic rings. The highest BCUT2D eigenvalue weighted by atomic mass is 32.2. The van der Waals surface area contributed by atoms with Crippen molar-refractivity contribution in [1.82, 2.24) is 9.21 Å². The molecule has 2 saturated heterocycles.